The fourth-order valence-electron chi connectivity index (χ4n) is 5.08. The van der Waals surface area contributed by atoms with E-state index in [4.69, 9.17) is 9.84 Å². The van der Waals surface area contributed by atoms with Crippen molar-refractivity contribution < 1.29 is 18.7 Å². The average Bonchev–Trinajstić information content (AvgIpc) is 3.28. The minimum atomic E-state index is -0.329. The summed E-state index contributed by atoms with van der Waals surface area (Å²) in [7, 11) is 1.62. The summed E-state index contributed by atoms with van der Waals surface area (Å²) in [6.45, 7) is 4.86. The second kappa shape index (κ2) is 12.7. The number of hydrogen-bond acceptors (Lipinski definition) is 5. The highest BCUT2D eigenvalue weighted by molar-refractivity contribution is 8.00. The largest absolute Gasteiger partial charge is 0.385 e. The summed E-state index contributed by atoms with van der Waals surface area (Å²) >= 11 is 1.46. The number of carbonyl (C=O) groups excluding carboxylic acids is 2. The highest BCUT2D eigenvalue weighted by Crippen LogP contribution is 2.48. The number of hydrogen-bond donors (Lipinski definition) is 1. The summed E-state index contributed by atoms with van der Waals surface area (Å²) in [6, 6.07) is 22.3. The molecule has 2 heterocycles. The van der Waals surface area contributed by atoms with Crippen LogP contribution in [0.5, 0.6) is 0 Å². The number of aromatic nitrogens is 2. The number of benzene rings is 3. The Labute approximate surface area is 243 Å². The molecule has 3 aromatic carbocycles. The maximum Gasteiger partial charge on any atom is 0.240 e. The highest BCUT2D eigenvalue weighted by Gasteiger charge is 2.37. The molecule has 2 amide bonds. The van der Waals surface area contributed by atoms with Gasteiger partial charge in [0.1, 0.15) is 18.2 Å². The molecule has 5 rings (SSSR count). The van der Waals surface area contributed by atoms with Gasteiger partial charge in [0, 0.05) is 31.4 Å². The van der Waals surface area contributed by atoms with Gasteiger partial charge in [-0.1, -0.05) is 60.2 Å². The van der Waals surface area contributed by atoms with Gasteiger partial charge < -0.3 is 10.1 Å². The zero-order valence-electron chi connectivity index (χ0n) is 23.4. The first-order valence-corrected chi connectivity index (χ1v) is 14.6. The van der Waals surface area contributed by atoms with Crippen molar-refractivity contribution in [2.45, 2.75) is 25.5 Å². The van der Waals surface area contributed by atoms with E-state index >= 15 is 0 Å². The molecule has 0 bridgehead atoms. The van der Waals surface area contributed by atoms with Crippen molar-refractivity contribution in [3.8, 4) is 16.9 Å². The number of methoxy groups -OCH3 is 1. The van der Waals surface area contributed by atoms with E-state index in [-0.39, 0.29) is 35.2 Å². The van der Waals surface area contributed by atoms with E-state index in [1.807, 2.05) is 56.3 Å². The number of fused-ring (bicyclic) bond motifs is 1. The Kier molecular flexibility index (Phi) is 8.85. The molecule has 1 unspecified atom stereocenters. The second-order valence-electron chi connectivity index (χ2n) is 10.1. The third-order valence-corrected chi connectivity index (χ3v) is 8.29. The lowest BCUT2D eigenvalue weighted by atomic mass is 9.99. The van der Waals surface area contributed by atoms with Crippen LogP contribution in [-0.4, -0.2) is 54.2 Å². The second-order valence-corrected chi connectivity index (χ2v) is 11.2. The van der Waals surface area contributed by atoms with E-state index in [0.29, 0.717) is 31.1 Å². The van der Waals surface area contributed by atoms with Gasteiger partial charge in [-0.25, -0.2) is 9.07 Å². The maximum absolute atomic E-state index is 14.0. The van der Waals surface area contributed by atoms with Gasteiger partial charge in [-0.3, -0.25) is 14.5 Å². The fourth-order valence-corrected chi connectivity index (χ4v) is 6.28. The highest BCUT2D eigenvalue weighted by atomic mass is 32.2. The molecular formula is C32H33FN4O3S. The first-order valence-electron chi connectivity index (χ1n) is 13.6. The Balaban J connectivity index is 1.73. The van der Waals surface area contributed by atoms with Gasteiger partial charge in [0.25, 0.3) is 0 Å². The Morgan fingerprint density at radius 3 is 2.56 bits per heavy atom. The van der Waals surface area contributed by atoms with Crippen LogP contribution in [0.3, 0.4) is 0 Å². The van der Waals surface area contributed by atoms with Gasteiger partial charge in [0.05, 0.1) is 22.4 Å². The molecule has 1 atom stereocenters. The molecule has 0 radical (unpaired) electrons. The van der Waals surface area contributed by atoms with Crippen LogP contribution in [0, 0.1) is 19.7 Å². The number of rotatable bonds is 9. The number of ether oxygens (including phenoxy) is 1. The van der Waals surface area contributed by atoms with Crippen molar-refractivity contribution in [1.29, 1.82) is 0 Å². The van der Waals surface area contributed by atoms with Crippen LogP contribution < -0.4 is 10.2 Å². The maximum atomic E-state index is 14.0. The zero-order valence-corrected chi connectivity index (χ0v) is 24.2. The van der Waals surface area contributed by atoms with Crippen LogP contribution in [0.15, 0.2) is 72.8 Å². The number of nitrogens with one attached hydrogen (secondary N) is 1. The summed E-state index contributed by atoms with van der Waals surface area (Å²) in [6.07, 6.45) is 0.669. The number of carbonyl (C=O) groups is 2. The summed E-state index contributed by atoms with van der Waals surface area (Å²) in [4.78, 5) is 28.5. The number of anilines is 1. The van der Waals surface area contributed by atoms with Crippen LogP contribution >= 0.6 is 11.8 Å². The smallest absolute Gasteiger partial charge is 0.240 e. The summed E-state index contributed by atoms with van der Waals surface area (Å²) < 4.78 is 20.8. The monoisotopic (exact) mass is 572 g/mol. The zero-order chi connectivity index (χ0) is 28.9. The predicted molar refractivity (Wildman–Crippen MR) is 161 cm³/mol. The lowest BCUT2D eigenvalue weighted by molar-refractivity contribution is -0.122. The van der Waals surface area contributed by atoms with Crippen molar-refractivity contribution in [3.05, 3.63) is 101 Å². The lowest BCUT2D eigenvalue weighted by Gasteiger charge is -2.24. The molecular weight excluding hydrogens is 539 g/mol. The minimum Gasteiger partial charge on any atom is -0.385 e. The third kappa shape index (κ3) is 6.21. The van der Waals surface area contributed by atoms with E-state index in [9.17, 15) is 14.0 Å². The van der Waals surface area contributed by atoms with E-state index < -0.39 is 0 Å². The molecule has 1 aliphatic heterocycles. The van der Waals surface area contributed by atoms with Crippen molar-refractivity contribution in [2.24, 2.45) is 0 Å². The molecule has 41 heavy (non-hydrogen) atoms. The van der Waals surface area contributed by atoms with E-state index in [0.717, 1.165) is 33.5 Å². The molecule has 1 aromatic heterocycles. The first kappa shape index (κ1) is 28.6. The van der Waals surface area contributed by atoms with Crippen molar-refractivity contribution in [1.82, 2.24) is 15.1 Å². The lowest BCUT2D eigenvalue weighted by Crippen LogP contribution is -2.42. The summed E-state index contributed by atoms with van der Waals surface area (Å²) in [5.74, 6) is -0.0926. The van der Waals surface area contributed by atoms with Gasteiger partial charge >= 0.3 is 0 Å². The van der Waals surface area contributed by atoms with Crippen LogP contribution in [0.25, 0.3) is 16.9 Å². The predicted octanol–water partition coefficient (Wildman–Crippen LogP) is 5.62. The van der Waals surface area contributed by atoms with Crippen LogP contribution in [0.4, 0.5) is 10.2 Å². The third-order valence-electron chi connectivity index (χ3n) is 7.04. The van der Waals surface area contributed by atoms with Crippen molar-refractivity contribution >= 4 is 29.4 Å². The Hall–Kier alpha value is -3.95. The molecule has 0 fully saturated rings. The number of nitrogens with zero attached hydrogens (tertiary/aromatic N) is 3. The molecule has 0 saturated heterocycles. The standard InChI is InChI=1S/C32H33FN4O3S/c1-21-10-15-26(22(2)18-21)37-32-29(30(35-37)23-8-5-4-6-9-23)31(24-11-13-25(33)14-12-24)41-20-28(39)36(32)19-27(38)34-16-7-17-40-3/h4-6,8-15,18,31H,7,16-17,19-20H2,1-3H3,(H,34,38). The van der Waals surface area contributed by atoms with Gasteiger partial charge in [-0.2, -0.15) is 5.10 Å². The molecule has 1 N–H and O–H groups in total. The number of amides is 2. The Morgan fingerprint density at radius 1 is 1.10 bits per heavy atom. The van der Waals surface area contributed by atoms with Crippen molar-refractivity contribution in [3.63, 3.8) is 0 Å². The molecule has 4 aromatic rings. The molecule has 0 aliphatic carbocycles. The molecule has 0 saturated carbocycles. The fraction of sp³-hybridized carbons (Fsp3) is 0.281. The number of aryl methyl sites for hydroxylation is 2. The van der Waals surface area contributed by atoms with E-state index in [1.54, 1.807) is 28.8 Å². The number of halogens is 1. The van der Waals surface area contributed by atoms with E-state index in [2.05, 4.69) is 11.4 Å². The Bertz CT molecular complexity index is 1540. The molecule has 7 nitrogen and oxygen atoms in total. The Morgan fingerprint density at radius 2 is 1.85 bits per heavy atom. The molecule has 9 heteroatoms. The first-order chi connectivity index (χ1) is 19.9. The normalized spacial score (nSPS) is 15.0. The van der Waals surface area contributed by atoms with E-state index in [1.165, 1.54) is 23.9 Å². The number of thioether (sulfide) groups is 1. The van der Waals surface area contributed by atoms with Crippen LogP contribution in [0.1, 0.15) is 33.9 Å². The van der Waals surface area contributed by atoms with Crippen LogP contribution in [0.2, 0.25) is 0 Å². The molecule has 212 valence electrons. The summed E-state index contributed by atoms with van der Waals surface area (Å²) in [5.41, 5.74) is 6.18. The van der Waals surface area contributed by atoms with Gasteiger partial charge in [-0.15, -0.1) is 11.8 Å². The van der Waals surface area contributed by atoms with Gasteiger partial charge in [0.2, 0.25) is 11.8 Å². The van der Waals surface area contributed by atoms with Crippen LogP contribution in [-0.2, 0) is 14.3 Å². The topological polar surface area (TPSA) is 76.5 Å². The van der Waals surface area contributed by atoms with Gasteiger partial charge in [0.15, 0.2) is 0 Å². The quantitative estimate of drug-likeness (QED) is 0.264. The van der Waals surface area contributed by atoms with Gasteiger partial charge in [-0.05, 0) is 49.6 Å². The average molecular weight is 573 g/mol. The SMILES string of the molecule is COCCCNC(=O)CN1C(=O)CSC(c2ccc(F)cc2)c2c(-c3ccccc3)nn(-c3ccc(C)cc3C)c21. The van der Waals surface area contributed by atoms with Crippen molar-refractivity contribution in [2.75, 3.05) is 37.5 Å². The minimum absolute atomic E-state index is 0.148. The summed E-state index contributed by atoms with van der Waals surface area (Å²) in [5, 5.41) is 7.71. The molecule has 1 aliphatic rings. The molecule has 0 spiro atoms.